The average molecular weight is 698 g/mol. The number of unbranched alkanes of at least 4 members (excludes halogenated alkanes) is 2. The third-order valence-corrected chi connectivity index (χ3v) is 9.31. The number of hydrogen-bond acceptors (Lipinski definition) is 7. The third-order valence-electron chi connectivity index (χ3n) is 8.49. The molecule has 0 saturated carbocycles. The summed E-state index contributed by atoms with van der Waals surface area (Å²) in [5, 5.41) is 41.1. The minimum Gasteiger partial charge on any atom is -0.504 e. The second kappa shape index (κ2) is 15.9. The number of aromatic hydroxyl groups is 1. The lowest BCUT2D eigenvalue weighted by molar-refractivity contribution is -0.141. The van der Waals surface area contributed by atoms with Gasteiger partial charge in [0.25, 0.3) is 0 Å². The number of likely N-dealkylation sites (tertiary alicyclic amines) is 1. The maximum absolute atomic E-state index is 13.5. The molecule has 1 saturated heterocycles. The number of aliphatic hydroxyl groups is 2. The maximum Gasteiger partial charge on any atom is 0.303 e. The van der Waals surface area contributed by atoms with Crippen molar-refractivity contribution in [1.82, 2.24) is 4.90 Å². The first-order chi connectivity index (χ1) is 20.1. The van der Waals surface area contributed by atoms with Crippen LogP contribution in [-0.2, 0) is 14.4 Å². The SMILES string of the molecule is CCCC1=C([C@H](O)CC/C(=C/c2cc(I)c(O)c(OC)c2)CC)[C@H](CO)[C@@H]2C(=O)N(CCCCCC(=O)O)C(=O)[C@@H]2C1. The lowest BCUT2D eigenvalue weighted by Crippen LogP contribution is -2.39. The summed E-state index contributed by atoms with van der Waals surface area (Å²) in [5.41, 5.74) is 3.67. The molecule has 10 heteroatoms. The van der Waals surface area contributed by atoms with E-state index in [0.29, 0.717) is 59.8 Å². The van der Waals surface area contributed by atoms with Gasteiger partial charge in [0.1, 0.15) is 0 Å². The number of aliphatic hydroxyl groups excluding tert-OH is 2. The molecule has 1 aromatic rings. The largest absolute Gasteiger partial charge is 0.504 e. The van der Waals surface area contributed by atoms with Gasteiger partial charge in [-0.15, -0.1) is 0 Å². The molecule has 2 aliphatic rings. The van der Waals surface area contributed by atoms with Crippen molar-refractivity contribution in [3.8, 4) is 11.5 Å². The van der Waals surface area contributed by atoms with Crippen molar-refractivity contribution in [2.24, 2.45) is 17.8 Å². The number of carbonyl (C=O) groups is 3. The second-order valence-corrected chi connectivity index (χ2v) is 12.4. The van der Waals surface area contributed by atoms with Crippen molar-refractivity contribution in [1.29, 1.82) is 0 Å². The Hall–Kier alpha value is -2.44. The Bertz CT molecular complexity index is 1210. The van der Waals surface area contributed by atoms with E-state index >= 15 is 0 Å². The molecule has 4 N–H and O–H groups in total. The van der Waals surface area contributed by atoms with Crippen LogP contribution in [-0.4, -0.2) is 69.5 Å². The number of ether oxygens (including phenoxy) is 1. The number of methoxy groups -OCH3 is 1. The summed E-state index contributed by atoms with van der Waals surface area (Å²) < 4.78 is 5.96. The second-order valence-electron chi connectivity index (χ2n) is 11.2. The Balaban J connectivity index is 1.78. The van der Waals surface area contributed by atoms with Crippen molar-refractivity contribution >= 4 is 46.5 Å². The zero-order valence-corrected chi connectivity index (χ0v) is 26.9. The Morgan fingerprint density at radius 3 is 2.52 bits per heavy atom. The van der Waals surface area contributed by atoms with Gasteiger partial charge < -0.3 is 25.2 Å². The molecule has 0 aromatic heterocycles. The number of imide groups is 1. The number of benzene rings is 1. The first-order valence-corrected chi connectivity index (χ1v) is 16.0. The maximum atomic E-state index is 13.5. The van der Waals surface area contributed by atoms with Gasteiger partial charge >= 0.3 is 5.97 Å². The number of allylic oxidation sites excluding steroid dienone is 2. The number of carbonyl (C=O) groups excluding carboxylic acids is 2. The number of amides is 2. The van der Waals surface area contributed by atoms with E-state index in [2.05, 4.69) is 22.6 Å². The monoisotopic (exact) mass is 697 g/mol. The number of hydrogen-bond donors (Lipinski definition) is 4. The van der Waals surface area contributed by atoms with Crippen LogP contribution in [0.15, 0.2) is 28.9 Å². The molecule has 232 valence electrons. The Morgan fingerprint density at radius 2 is 1.90 bits per heavy atom. The van der Waals surface area contributed by atoms with E-state index < -0.39 is 29.8 Å². The van der Waals surface area contributed by atoms with Gasteiger partial charge in [-0.3, -0.25) is 19.3 Å². The van der Waals surface area contributed by atoms with E-state index in [1.54, 1.807) is 6.07 Å². The van der Waals surface area contributed by atoms with Gasteiger partial charge in [-0.1, -0.05) is 43.9 Å². The predicted molar refractivity (Wildman–Crippen MR) is 168 cm³/mol. The van der Waals surface area contributed by atoms with E-state index in [9.17, 15) is 29.7 Å². The van der Waals surface area contributed by atoms with Crippen LogP contribution in [0.5, 0.6) is 11.5 Å². The summed E-state index contributed by atoms with van der Waals surface area (Å²) in [6.07, 6.45) is 6.55. The molecule has 4 atom stereocenters. The molecule has 42 heavy (non-hydrogen) atoms. The highest BCUT2D eigenvalue weighted by Crippen LogP contribution is 2.47. The predicted octanol–water partition coefficient (Wildman–Crippen LogP) is 5.30. The number of carboxylic acids is 1. The fourth-order valence-electron chi connectivity index (χ4n) is 6.40. The molecule has 0 unspecified atom stereocenters. The minimum absolute atomic E-state index is 0.0582. The quantitative estimate of drug-likeness (QED) is 0.0790. The Labute approximate surface area is 261 Å². The van der Waals surface area contributed by atoms with Gasteiger partial charge in [0.15, 0.2) is 11.5 Å². The molecule has 1 aliphatic heterocycles. The first kappa shape index (κ1) is 34.1. The Kier molecular flexibility index (Phi) is 12.9. The number of fused-ring (bicyclic) bond motifs is 1. The van der Waals surface area contributed by atoms with Crippen LogP contribution < -0.4 is 4.74 Å². The molecular formula is C32H44INO8. The topological polar surface area (TPSA) is 145 Å². The van der Waals surface area contributed by atoms with Crippen molar-refractivity contribution < 1.29 is 39.5 Å². The number of aliphatic carboxylic acids is 1. The van der Waals surface area contributed by atoms with Gasteiger partial charge in [-0.2, -0.15) is 0 Å². The van der Waals surface area contributed by atoms with Crippen LogP contribution in [0.4, 0.5) is 0 Å². The summed E-state index contributed by atoms with van der Waals surface area (Å²) in [5.74, 6) is -2.74. The molecule has 9 nitrogen and oxygen atoms in total. The van der Waals surface area contributed by atoms with E-state index in [0.717, 1.165) is 29.6 Å². The number of phenolic OH excluding ortho intramolecular Hbond substituents is 1. The fraction of sp³-hybridized carbons (Fsp3) is 0.594. The summed E-state index contributed by atoms with van der Waals surface area (Å²) in [7, 11) is 1.51. The Morgan fingerprint density at radius 1 is 1.17 bits per heavy atom. The van der Waals surface area contributed by atoms with Gasteiger partial charge in [-0.25, -0.2) is 0 Å². The van der Waals surface area contributed by atoms with Gasteiger partial charge in [-0.05, 0) is 90.8 Å². The number of rotatable bonds is 16. The molecule has 3 rings (SSSR count). The average Bonchev–Trinajstić information content (AvgIpc) is 3.20. The third kappa shape index (κ3) is 7.93. The highest BCUT2D eigenvalue weighted by atomic mass is 127. The molecule has 2 amide bonds. The van der Waals surface area contributed by atoms with Crippen LogP contribution in [0.1, 0.15) is 83.6 Å². The van der Waals surface area contributed by atoms with Crippen molar-refractivity contribution in [2.75, 3.05) is 20.3 Å². The zero-order chi connectivity index (χ0) is 31.0. The van der Waals surface area contributed by atoms with E-state index in [4.69, 9.17) is 9.84 Å². The lowest BCUT2D eigenvalue weighted by atomic mass is 9.67. The minimum atomic E-state index is -0.863. The van der Waals surface area contributed by atoms with Crippen LogP contribution in [0.3, 0.4) is 0 Å². The normalized spacial score (nSPS) is 21.6. The van der Waals surface area contributed by atoms with E-state index in [-0.39, 0.29) is 37.1 Å². The summed E-state index contributed by atoms with van der Waals surface area (Å²) in [6, 6.07) is 3.64. The number of phenols is 1. The number of halogens is 1. The highest BCUT2D eigenvalue weighted by Gasteiger charge is 2.54. The standard InChI is InChI=1S/C32H44INO8/c1-4-9-21-17-22-29(32(41)34(31(22)40)13-8-6-7-10-27(37)38)23(18-35)28(21)25(36)12-11-19(5-2)14-20-15-24(33)30(39)26(16-20)42-3/h14-16,22-23,25,29,35-36,39H,4-13,17-18H2,1-3H3,(H,37,38)/b19-14+/t22-,23+,25-,29-/m1/s1. The molecule has 1 aliphatic carbocycles. The molecule has 1 heterocycles. The number of nitrogens with zero attached hydrogens (tertiary/aromatic N) is 1. The zero-order valence-electron chi connectivity index (χ0n) is 24.8. The summed E-state index contributed by atoms with van der Waals surface area (Å²) >= 11 is 2.06. The van der Waals surface area contributed by atoms with E-state index in [1.165, 1.54) is 12.0 Å². The van der Waals surface area contributed by atoms with E-state index in [1.807, 2.05) is 26.0 Å². The number of carboxylic acid groups (broad SMARTS) is 1. The highest BCUT2D eigenvalue weighted by molar-refractivity contribution is 14.1. The molecule has 0 spiro atoms. The van der Waals surface area contributed by atoms with Crippen LogP contribution in [0.25, 0.3) is 6.08 Å². The van der Waals surface area contributed by atoms with Gasteiger partial charge in [0.05, 0.1) is 35.2 Å². The first-order valence-electron chi connectivity index (χ1n) is 14.9. The molecule has 1 fully saturated rings. The van der Waals surface area contributed by atoms with Gasteiger partial charge in [0.2, 0.25) is 11.8 Å². The molecular weight excluding hydrogens is 653 g/mol. The molecule has 0 radical (unpaired) electrons. The van der Waals surface area contributed by atoms with Crippen LogP contribution in [0, 0.1) is 21.3 Å². The van der Waals surface area contributed by atoms with Crippen LogP contribution >= 0.6 is 22.6 Å². The summed E-state index contributed by atoms with van der Waals surface area (Å²) in [6.45, 7) is 4.00. The lowest BCUT2D eigenvalue weighted by Gasteiger charge is -2.36. The molecule has 1 aromatic carbocycles. The molecule has 0 bridgehead atoms. The smallest absolute Gasteiger partial charge is 0.303 e. The van der Waals surface area contributed by atoms with Crippen LogP contribution in [0.2, 0.25) is 0 Å². The van der Waals surface area contributed by atoms with Gasteiger partial charge in [0, 0.05) is 18.9 Å². The summed E-state index contributed by atoms with van der Waals surface area (Å²) in [4.78, 5) is 38.9. The van der Waals surface area contributed by atoms with Crippen molar-refractivity contribution in [3.05, 3.63) is 38.0 Å². The fourth-order valence-corrected chi connectivity index (χ4v) is 7.03. The van der Waals surface area contributed by atoms with Crippen molar-refractivity contribution in [2.45, 2.75) is 84.2 Å². The van der Waals surface area contributed by atoms with Crippen molar-refractivity contribution in [3.63, 3.8) is 0 Å².